The van der Waals surface area contributed by atoms with Gasteiger partial charge in [-0.25, -0.2) is 0 Å². The Balaban J connectivity index is 2.35. The van der Waals surface area contributed by atoms with Gasteiger partial charge in [-0.3, -0.25) is 0 Å². The van der Waals surface area contributed by atoms with Gasteiger partial charge in [-0.05, 0) is 30.3 Å². The Labute approximate surface area is 100 Å². The molecular formula is C15H9NO. The number of para-hydroxylation sites is 1. The predicted octanol–water partition coefficient (Wildman–Crippen LogP) is 3.33. The lowest BCUT2D eigenvalue weighted by Crippen LogP contribution is -1.89. The van der Waals surface area contributed by atoms with E-state index in [1.807, 2.05) is 30.3 Å². The van der Waals surface area contributed by atoms with Crippen molar-refractivity contribution in [2.24, 2.45) is 0 Å². The minimum absolute atomic E-state index is 0.435. The van der Waals surface area contributed by atoms with Gasteiger partial charge in [0.2, 0.25) is 0 Å². The third-order valence-corrected chi connectivity index (χ3v) is 2.24. The molecule has 0 aromatic heterocycles. The Kier molecular flexibility index (Phi) is 3.10. The Morgan fingerprint density at radius 2 is 1.82 bits per heavy atom. The molecule has 17 heavy (non-hydrogen) atoms. The molecule has 2 rings (SSSR count). The fraction of sp³-hybridized carbons (Fsp3) is 0. The molecule has 0 aliphatic carbocycles. The van der Waals surface area contributed by atoms with E-state index in [9.17, 15) is 0 Å². The molecule has 0 unspecified atom stereocenters. The molecule has 80 valence electrons. The number of nitrogens with zero attached hydrogens (tertiary/aromatic N) is 1. The van der Waals surface area contributed by atoms with Gasteiger partial charge in [-0.1, -0.05) is 24.1 Å². The second kappa shape index (κ2) is 4.88. The van der Waals surface area contributed by atoms with Crippen LogP contribution in [0, 0.1) is 23.7 Å². The molecule has 0 radical (unpaired) electrons. The Morgan fingerprint density at radius 3 is 2.47 bits per heavy atom. The summed E-state index contributed by atoms with van der Waals surface area (Å²) in [6, 6.07) is 16.5. The average molecular weight is 219 g/mol. The first-order chi connectivity index (χ1) is 8.33. The third kappa shape index (κ3) is 2.45. The smallest absolute Gasteiger partial charge is 0.145 e. The molecule has 0 spiro atoms. The van der Waals surface area contributed by atoms with Gasteiger partial charge in [0, 0.05) is 5.56 Å². The van der Waals surface area contributed by atoms with Crippen LogP contribution in [0.3, 0.4) is 0 Å². The second-order valence-electron chi connectivity index (χ2n) is 3.38. The van der Waals surface area contributed by atoms with E-state index >= 15 is 0 Å². The molecule has 0 amide bonds. The van der Waals surface area contributed by atoms with Crippen molar-refractivity contribution in [3.8, 4) is 29.9 Å². The largest absolute Gasteiger partial charge is 0.456 e. The van der Waals surface area contributed by atoms with Crippen LogP contribution in [0.1, 0.15) is 11.1 Å². The van der Waals surface area contributed by atoms with Crippen LogP contribution in [0.5, 0.6) is 11.5 Å². The van der Waals surface area contributed by atoms with Crippen LogP contribution in [-0.4, -0.2) is 0 Å². The SMILES string of the molecule is C#Cc1ccc(Oc2ccccc2)c(C#N)c1. The number of rotatable bonds is 2. The van der Waals surface area contributed by atoms with Crippen molar-refractivity contribution < 1.29 is 4.74 Å². The zero-order valence-corrected chi connectivity index (χ0v) is 9.05. The minimum Gasteiger partial charge on any atom is -0.456 e. The third-order valence-electron chi connectivity index (χ3n) is 2.24. The molecule has 0 saturated heterocycles. The van der Waals surface area contributed by atoms with Crippen molar-refractivity contribution in [2.75, 3.05) is 0 Å². The highest BCUT2D eigenvalue weighted by molar-refractivity contribution is 5.50. The van der Waals surface area contributed by atoms with Gasteiger partial charge < -0.3 is 4.74 Å². The van der Waals surface area contributed by atoms with Gasteiger partial charge in [-0.15, -0.1) is 6.42 Å². The summed E-state index contributed by atoms with van der Waals surface area (Å²) in [5, 5.41) is 9.02. The van der Waals surface area contributed by atoms with Crippen LogP contribution in [0.15, 0.2) is 48.5 Å². The molecular weight excluding hydrogens is 210 g/mol. The first-order valence-corrected chi connectivity index (χ1v) is 5.07. The van der Waals surface area contributed by atoms with Crippen molar-refractivity contribution >= 4 is 0 Å². The lowest BCUT2D eigenvalue weighted by atomic mass is 10.1. The zero-order chi connectivity index (χ0) is 12.1. The number of nitriles is 1. The summed E-state index contributed by atoms with van der Waals surface area (Å²) in [5.41, 5.74) is 1.10. The maximum absolute atomic E-state index is 9.02. The number of hydrogen-bond donors (Lipinski definition) is 0. The Morgan fingerprint density at radius 1 is 1.06 bits per heavy atom. The topological polar surface area (TPSA) is 33.0 Å². The second-order valence-corrected chi connectivity index (χ2v) is 3.38. The molecule has 0 bridgehead atoms. The molecule has 0 N–H and O–H groups in total. The molecule has 2 aromatic carbocycles. The van der Waals surface area contributed by atoms with Crippen molar-refractivity contribution in [1.82, 2.24) is 0 Å². The molecule has 0 heterocycles. The molecule has 2 heteroatoms. The number of ether oxygens (including phenoxy) is 1. The maximum Gasteiger partial charge on any atom is 0.145 e. The summed E-state index contributed by atoms with van der Waals surface area (Å²) < 4.78 is 5.61. The standard InChI is InChI=1S/C15H9NO/c1-2-12-8-9-15(13(10-12)11-16)17-14-6-4-3-5-7-14/h1,3-10H. The van der Waals surface area contributed by atoms with Gasteiger partial charge in [0.25, 0.3) is 0 Å². The van der Waals surface area contributed by atoms with Crippen LogP contribution in [-0.2, 0) is 0 Å². The highest BCUT2D eigenvalue weighted by Crippen LogP contribution is 2.25. The van der Waals surface area contributed by atoms with Crippen molar-refractivity contribution in [1.29, 1.82) is 5.26 Å². The summed E-state index contributed by atoms with van der Waals surface area (Å²) in [4.78, 5) is 0. The van der Waals surface area contributed by atoms with E-state index < -0.39 is 0 Å². The molecule has 2 nitrogen and oxygen atoms in total. The van der Waals surface area contributed by atoms with Gasteiger partial charge >= 0.3 is 0 Å². The predicted molar refractivity (Wildman–Crippen MR) is 65.6 cm³/mol. The van der Waals surface area contributed by atoms with Crippen LogP contribution in [0.25, 0.3) is 0 Å². The summed E-state index contributed by atoms with van der Waals surface area (Å²) in [7, 11) is 0. The summed E-state index contributed by atoms with van der Waals surface area (Å²) in [6.07, 6.45) is 5.28. The van der Waals surface area contributed by atoms with Gasteiger partial charge in [0.1, 0.15) is 17.6 Å². The van der Waals surface area contributed by atoms with E-state index in [1.54, 1.807) is 18.2 Å². The van der Waals surface area contributed by atoms with Crippen molar-refractivity contribution in [3.63, 3.8) is 0 Å². The molecule has 0 aliphatic heterocycles. The highest BCUT2D eigenvalue weighted by atomic mass is 16.5. The molecule has 0 fully saturated rings. The zero-order valence-electron chi connectivity index (χ0n) is 9.05. The highest BCUT2D eigenvalue weighted by Gasteiger charge is 2.04. The lowest BCUT2D eigenvalue weighted by Gasteiger charge is -2.07. The molecule has 0 saturated carbocycles. The van der Waals surface area contributed by atoms with E-state index in [1.165, 1.54) is 0 Å². The normalized spacial score (nSPS) is 9.06. The monoisotopic (exact) mass is 219 g/mol. The van der Waals surface area contributed by atoms with Gasteiger partial charge in [0.05, 0.1) is 5.56 Å². The average Bonchev–Trinajstić information content (AvgIpc) is 2.40. The van der Waals surface area contributed by atoms with Crippen LogP contribution >= 0.6 is 0 Å². The summed E-state index contributed by atoms with van der Waals surface area (Å²) in [6.45, 7) is 0. The first kappa shape index (κ1) is 10.8. The number of terminal acetylenes is 1. The van der Waals surface area contributed by atoms with Gasteiger partial charge in [0.15, 0.2) is 0 Å². The van der Waals surface area contributed by atoms with E-state index in [2.05, 4.69) is 12.0 Å². The quantitative estimate of drug-likeness (QED) is 0.726. The first-order valence-electron chi connectivity index (χ1n) is 5.07. The van der Waals surface area contributed by atoms with E-state index in [-0.39, 0.29) is 0 Å². The van der Waals surface area contributed by atoms with Crippen LogP contribution < -0.4 is 4.74 Å². The maximum atomic E-state index is 9.02. The number of benzene rings is 2. The van der Waals surface area contributed by atoms with E-state index in [4.69, 9.17) is 16.4 Å². The van der Waals surface area contributed by atoms with Crippen LogP contribution in [0.4, 0.5) is 0 Å². The van der Waals surface area contributed by atoms with Crippen LogP contribution in [0.2, 0.25) is 0 Å². The number of hydrogen-bond acceptors (Lipinski definition) is 2. The lowest BCUT2D eigenvalue weighted by molar-refractivity contribution is 0.481. The molecule has 0 aliphatic rings. The van der Waals surface area contributed by atoms with E-state index in [0.29, 0.717) is 22.6 Å². The summed E-state index contributed by atoms with van der Waals surface area (Å²) in [5.74, 6) is 3.69. The fourth-order valence-corrected chi connectivity index (χ4v) is 1.41. The summed E-state index contributed by atoms with van der Waals surface area (Å²) >= 11 is 0. The Hall–Kier alpha value is -2.71. The van der Waals surface area contributed by atoms with Gasteiger partial charge in [-0.2, -0.15) is 5.26 Å². The molecule has 2 aromatic rings. The minimum atomic E-state index is 0.435. The van der Waals surface area contributed by atoms with Crippen molar-refractivity contribution in [2.45, 2.75) is 0 Å². The Bertz CT molecular complexity index is 603. The molecule has 0 atom stereocenters. The van der Waals surface area contributed by atoms with Crippen molar-refractivity contribution in [3.05, 3.63) is 59.7 Å². The van der Waals surface area contributed by atoms with E-state index in [0.717, 1.165) is 0 Å². The fourth-order valence-electron chi connectivity index (χ4n) is 1.41.